The summed E-state index contributed by atoms with van der Waals surface area (Å²) in [7, 11) is 0. The molecule has 1 fully saturated rings. The molecule has 0 unspecified atom stereocenters. The fourth-order valence-electron chi connectivity index (χ4n) is 2.06. The number of benzene rings is 1. The van der Waals surface area contributed by atoms with Gasteiger partial charge in [0.2, 0.25) is 0 Å². The Morgan fingerprint density at radius 2 is 2.13 bits per heavy atom. The van der Waals surface area contributed by atoms with E-state index in [1.807, 2.05) is 32.0 Å². The van der Waals surface area contributed by atoms with E-state index < -0.39 is 0 Å². The number of ether oxygens (including phenoxy) is 1. The standard InChI is InChI=1S/C13H16O2/c1-3-15-12(14)13(2)9-11(13)10-7-5-4-6-8-10/h4-8,11H,3,9H2,1-2H3/t11-,13+/m0/s1. The second-order valence-electron chi connectivity index (χ2n) is 4.31. The van der Waals surface area contributed by atoms with Crippen LogP contribution < -0.4 is 0 Å². The molecule has 1 aromatic carbocycles. The van der Waals surface area contributed by atoms with Gasteiger partial charge in [0.1, 0.15) is 0 Å². The predicted molar refractivity (Wildman–Crippen MR) is 58.5 cm³/mol. The SMILES string of the molecule is CCOC(=O)[C@]1(C)C[C@H]1c1ccccc1. The molecular weight excluding hydrogens is 188 g/mol. The van der Waals surface area contributed by atoms with Crippen molar-refractivity contribution in [3.8, 4) is 0 Å². The average molecular weight is 204 g/mol. The van der Waals surface area contributed by atoms with Crippen molar-refractivity contribution in [2.75, 3.05) is 6.61 Å². The Hall–Kier alpha value is -1.31. The molecule has 2 rings (SSSR count). The van der Waals surface area contributed by atoms with Gasteiger partial charge in [-0.15, -0.1) is 0 Å². The Kier molecular flexibility index (Phi) is 2.51. The second kappa shape index (κ2) is 3.69. The van der Waals surface area contributed by atoms with Crippen molar-refractivity contribution in [2.24, 2.45) is 5.41 Å². The van der Waals surface area contributed by atoms with E-state index in [1.165, 1.54) is 5.56 Å². The zero-order valence-electron chi connectivity index (χ0n) is 9.19. The quantitative estimate of drug-likeness (QED) is 0.708. The van der Waals surface area contributed by atoms with E-state index in [4.69, 9.17) is 4.74 Å². The topological polar surface area (TPSA) is 26.3 Å². The molecule has 1 aromatic rings. The van der Waals surface area contributed by atoms with Crippen LogP contribution in [0.3, 0.4) is 0 Å². The monoisotopic (exact) mass is 204 g/mol. The first-order valence-corrected chi connectivity index (χ1v) is 5.40. The summed E-state index contributed by atoms with van der Waals surface area (Å²) in [5.41, 5.74) is 0.963. The molecule has 0 aliphatic heterocycles. The lowest BCUT2D eigenvalue weighted by Crippen LogP contribution is -2.17. The molecule has 0 N–H and O–H groups in total. The third kappa shape index (κ3) is 1.76. The van der Waals surface area contributed by atoms with Crippen LogP contribution >= 0.6 is 0 Å². The second-order valence-corrected chi connectivity index (χ2v) is 4.31. The van der Waals surface area contributed by atoms with Crippen LogP contribution in [0.5, 0.6) is 0 Å². The first kappa shape index (κ1) is 10.2. The van der Waals surface area contributed by atoms with Gasteiger partial charge >= 0.3 is 5.97 Å². The third-order valence-electron chi connectivity index (χ3n) is 3.18. The van der Waals surface area contributed by atoms with Gasteiger partial charge in [-0.1, -0.05) is 30.3 Å². The number of hydrogen-bond donors (Lipinski definition) is 0. The average Bonchev–Trinajstić information content (AvgIpc) is 2.94. The molecule has 1 saturated carbocycles. The summed E-state index contributed by atoms with van der Waals surface area (Å²) in [6.07, 6.45) is 0.913. The van der Waals surface area contributed by atoms with Crippen LogP contribution in [0.25, 0.3) is 0 Å². The zero-order chi connectivity index (χ0) is 10.9. The van der Waals surface area contributed by atoms with E-state index in [0.29, 0.717) is 12.5 Å². The third-order valence-corrected chi connectivity index (χ3v) is 3.18. The normalized spacial score (nSPS) is 28.5. The summed E-state index contributed by atoms with van der Waals surface area (Å²) in [5, 5.41) is 0. The predicted octanol–water partition coefficient (Wildman–Crippen LogP) is 2.74. The summed E-state index contributed by atoms with van der Waals surface area (Å²) in [4.78, 5) is 11.7. The molecule has 0 heterocycles. The van der Waals surface area contributed by atoms with Crippen molar-refractivity contribution in [3.63, 3.8) is 0 Å². The van der Waals surface area contributed by atoms with Crippen molar-refractivity contribution in [1.82, 2.24) is 0 Å². The Morgan fingerprint density at radius 3 is 2.73 bits per heavy atom. The van der Waals surface area contributed by atoms with E-state index in [2.05, 4.69) is 12.1 Å². The van der Waals surface area contributed by atoms with Gasteiger partial charge in [0.05, 0.1) is 12.0 Å². The van der Waals surface area contributed by atoms with Crippen molar-refractivity contribution in [2.45, 2.75) is 26.2 Å². The lowest BCUT2D eigenvalue weighted by molar-refractivity contribution is -0.149. The van der Waals surface area contributed by atoms with E-state index in [0.717, 1.165) is 6.42 Å². The molecular formula is C13H16O2. The summed E-state index contributed by atoms with van der Waals surface area (Å²) in [6.45, 7) is 4.31. The molecule has 1 aliphatic carbocycles. The van der Waals surface area contributed by atoms with E-state index >= 15 is 0 Å². The van der Waals surface area contributed by atoms with Crippen LogP contribution in [0, 0.1) is 5.41 Å². The fraction of sp³-hybridized carbons (Fsp3) is 0.462. The van der Waals surface area contributed by atoms with Crippen LogP contribution in [0.4, 0.5) is 0 Å². The highest BCUT2D eigenvalue weighted by Crippen LogP contribution is 2.59. The van der Waals surface area contributed by atoms with Gasteiger partial charge in [0, 0.05) is 5.92 Å². The highest BCUT2D eigenvalue weighted by atomic mass is 16.5. The van der Waals surface area contributed by atoms with Gasteiger partial charge in [0.25, 0.3) is 0 Å². The van der Waals surface area contributed by atoms with Crippen molar-refractivity contribution in [3.05, 3.63) is 35.9 Å². The van der Waals surface area contributed by atoms with Gasteiger partial charge in [-0.05, 0) is 25.8 Å². The first-order chi connectivity index (χ1) is 7.18. The maximum Gasteiger partial charge on any atom is 0.312 e. The molecule has 2 heteroatoms. The van der Waals surface area contributed by atoms with Crippen molar-refractivity contribution < 1.29 is 9.53 Å². The summed E-state index contributed by atoms with van der Waals surface area (Å²) in [6, 6.07) is 10.2. The summed E-state index contributed by atoms with van der Waals surface area (Å²) < 4.78 is 5.08. The lowest BCUT2D eigenvalue weighted by Gasteiger charge is -2.09. The molecule has 80 valence electrons. The molecule has 2 nitrogen and oxygen atoms in total. The highest BCUT2D eigenvalue weighted by molar-refractivity contribution is 5.81. The Balaban J connectivity index is 2.09. The minimum atomic E-state index is -0.280. The number of esters is 1. The molecule has 0 spiro atoms. The Labute approximate surface area is 90.3 Å². The minimum Gasteiger partial charge on any atom is -0.466 e. The lowest BCUT2D eigenvalue weighted by atomic mass is 10.0. The summed E-state index contributed by atoms with van der Waals surface area (Å²) in [5.74, 6) is 0.289. The minimum absolute atomic E-state index is 0.0566. The van der Waals surface area contributed by atoms with Gasteiger partial charge in [-0.25, -0.2) is 0 Å². The Bertz CT molecular complexity index is 358. The zero-order valence-corrected chi connectivity index (χ0v) is 9.19. The highest BCUT2D eigenvalue weighted by Gasteiger charge is 2.57. The van der Waals surface area contributed by atoms with Crippen LogP contribution in [0.2, 0.25) is 0 Å². The Morgan fingerprint density at radius 1 is 1.47 bits per heavy atom. The van der Waals surface area contributed by atoms with Crippen molar-refractivity contribution in [1.29, 1.82) is 0 Å². The first-order valence-electron chi connectivity index (χ1n) is 5.40. The largest absolute Gasteiger partial charge is 0.466 e. The van der Waals surface area contributed by atoms with Crippen LogP contribution in [0.15, 0.2) is 30.3 Å². The molecule has 0 amide bonds. The molecule has 0 radical (unpaired) electrons. The van der Waals surface area contributed by atoms with Crippen molar-refractivity contribution >= 4 is 5.97 Å². The van der Waals surface area contributed by atoms with E-state index in [1.54, 1.807) is 0 Å². The van der Waals surface area contributed by atoms with E-state index in [9.17, 15) is 4.79 Å². The van der Waals surface area contributed by atoms with Gasteiger partial charge in [-0.3, -0.25) is 4.79 Å². The fourth-order valence-corrected chi connectivity index (χ4v) is 2.06. The number of rotatable bonds is 3. The van der Waals surface area contributed by atoms with Gasteiger partial charge < -0.3 is 4.74 Å². The smallest absolute Gasteiger partial charge is 0.312 e. The molecule has 2 atom stereocenters. The molecule has 0 aromatic heterocycles. The van der Waals surface area contributed by atoms with E-state index in [-0.39, 0.29) is 11.4 Å². The maximum absolute atomic E-state index is 11.7. The maximum atomic E-state index is 11.7. The number of carbonyl (C=O) groups excluding carboxylic acids is 1. The molecule has 0 bridgehead atoms. The number of carbonyl (C=O) groups is 1. The number of hydrogen-bond acceptors (Lipinski definition) is 2. The molecule has 15 heavy (non-hydrogen) atoms. The van der Waals surface area contributed by atoms with Crippen LogP contribution in [-0.4, -0.2) is 12.6 Å². The molecule has 0 saturated heterocycles. The summed E-state index contributed by atoms with van der Waals surface area (Å²) >= 11 is 0. The molecule has 1 aliphatic rings. The van der Waals surface area contributed by atoms with Crippen LogP contribution in [0.1, 0.15) is 31.7 Å². The van der Waals surface area contributed by atoms with Gasteiger partial charge in [0.15, 0.2) is 0 Å². The van der Waals surface area contributed by atoms with Gasteiger partial charge in [-0.2, -0.15) is 0 Å². The van der Waals surface area contributed by atoms with Crippen LogP contribution in [-0.2, 0) is 9.53 Å².